The highest BCUT2D eigenvalue weighted by Crippen LogP contribution is 2.30. The van der Waals surface area contributed by atoms with Crippen molar-refractivity contribution in [1.29, 1.82) is 0 Å². The van der Waals surface area contributed by atoms with Crippen LogP contribution in [0.4, 0.5) is 4.79 Å². The molecule has 0 atom stereocenters. The number of phenolic OH excluding ortho intramolecular Hbond substituents is 1. The maximum absolute atomic E-state index is 12.3. The third-order valence-electron chi connectivity index (χ3n) is 4.81. The lowest BCUT2D eigenvalue weighted by atomic mass is 10.0. The highest BCUT2D eigenvalue weighted by molar-refractivity contribution is 14.1. The zero-order valence-electron chi connectivity index (χ0n) is 20.1. The number of rotatable bonds is 2. The van der Waals surface area contributed by atoms with Crippen molar-refractivity contribution in [3.63, 3.8) is 0 Å². The van der Waals surface area contributed by atoms with Gasteiger partial charge in [-0.05, 0) is 112 Å². The number of aromatic nitrogens is 2. The molecule has 176 valence electrons. The Hall–Kier alpha value is -2.62. The van der Waals surface area contributed by atoms with Crippen LogP contribution in [0.5, 0.6) is 11.5 Å². The Morgan fingerprint density at radius 1 is 1.15 bits per heavy atom. The van der Waals surface area contributed by atoms with E-state index < -0.39 is 11.7 Å². The maximum Gasteiger partial charge on any atom is 0.435 e. The molecule has 0 fully saturated rings. The van der Waals surface area contributed by atoms with Crippen LogP contribution in [0.25, 0.3) is 10.9 Å². The number of fused-ring (bicyclic) bond motifs is 2. The van der Waals surface area contributed by atoms with Gasteiger partial charge in [0.15, 0.2) is 0 Å². The minimum Gasteiger partial charge on any atom is -0.508 e. The fraction of sp³-hybridized carbons (Fsp3) is 0.400. The average molecular weight is 563 g/mol. The Balaban J connectivity index is 0.000000231. The number of benzene rings is 2. The van der Waals surface area contributed by atoms with Crippen molar-refractivity contribution >= 4 is 45.8 Å². The summed E-state index contributed by atoms with van der Waals surface area (Å²) in [5.41, 5.74) is 4.54. The molecule has 0 saturated carbocycles. The molecule has 2 aromatic carbocycles. The van der Waals surface area contributed by atoms with Crippen molar-refractivity contribution in [2.75, 3.05) is 0 Å². The highest BCUT2D eigenvalue weighted by Gasteiger charge is 2.23. The summed E-state index contributed by atoms with van der Waals surface area (Å²) in [7, 11) is 0. The number of carbonyl (C=O) groups is 1. The van der Waals surface area contributed by atoms with Gasteiger partial charge in [-0.2, -0.15) is 9.78 Å². The third-order valence-corrected chi connectivity index (χ3v) is 5.60. The van der Waals surface area contributed by atoms with Crippen molar-refractivity contribution in [2.45, 2.75) is 66.7 Å². The topological polar surface area (TPSA) is 85.9 Å². The van der Waals surface area contributed by atoms with Gasteiger partial charge in [0.1, 0.15) is 20.8 Å². The van der Waals surface area contributed by atoms with Crippen LogP contribution in [0.1, 0.15) is 56.9 Å². The van der Waals surface area contributed by atoms with Crippen molar-refractivity contribution in [3.8, 4) is 11.5 Å². The van der Waals surface area contributed by atoms with E-state index in [9.17, 15) is 9.90 Å². The summed E-state index contributed by atoms with van der Waals surface area (Å²) in [6.45, 7) is 14.2. The fourth-order valence-corrected chi connectivity index (χ4v) is 4.17. The van der Waals surface area contributed by atoms with Crippen molar-refractivity contribution in [2.24, 2.45) is 4.99 Å². The molecule has 0 radical (unpaired) electrons. The summed E-state index contributed by atoms with van der Waals surface area (Å²) >= 11 is 2.12. The molecule has 0 saturated heterocycles. The molecule has 0 bridgehead atoms. The van der Waals surface area contributed by atoms with Crippen LogP contribution < -0.4 is 4.74 Å². The van der Waals surface area contributed by atoms with Crippen molar-refractivity contribution < 1.29 is 19.4 Å². The number of phenols is 1. The van der Waals surface area contributed by atoms with E-state index in [4.69, 9.17) is 9.47 Å². The molecule has 3 aromatic rings. The van der Waals surface area contributed by atoms with E-state index in [1.54, 1.807) is 12.1 Å². The van der Waals surface area contributed by atoms with Crippen molar-refractivity contribution in [1.82, 2.24) is 9.78 Å². The summed E-state index contributed by atoms with van der Waals surface area (Å²) in [6.07, 6.45) is 1.43. The average Bonchev–Trinajstić information content (AvgIpc) is 3.26. The van der Waals surface area contributed by atoms with Crippen LogP contribution >= 0.6 is 22.6 Å². The molecule has 0 unspecified atom stereocenters. The van der Waals surface area contributed by atoms with Crippen LogP contribution in [-0.4, -0.2) is 38.9 Å². The van der Waals surface area contributed by atoms with Crippen LogP contribution in [0, 0.1) is 17.5 Å². The molecule has 33 heavy (non-hydrogen) atoms. The Bertz CT molecular complexity index is 1220. The third kappa shape index (κ3) is 6.04. The lowest BCUT2D eigenvalue weighted by molar-refractivity contribution is 0.0522. The minimum absolute atomic E-state index is 0.0930. The second kappa shape index (κ2) is 9.70. The number of aryl methyl sites for hydroxylation is 2. The number of aromatic hydroxyl groups is 1. The SMILES string of the molecule is Cc1cc(O)cc2c1CN=C2.Cc1cc(OC(C)C)cc2c(I)nn(C(=O)OC(C)(C)C)c12. The van der Waals surface area contributed by atoms with E-state index in [1.807, 2.05) is 66.8 Å². The molecular formula is C25H30IN3O4. The summed E-state index contributed by atoms with van der Waals surface area (Å²) in [5, 5.41) is 14.4. The molecule has 0 spiro atoms. The molecule has 1 aliphatic heterocycles. The van der Waals surface area contributed by atoms with Crippen LogP contribution in [0.2, 0.25) is 0 Å². The van der Waals surface area contributed by atoms with Gasteiger partial charge >= 0.3 is 6.09 Å². The van der Waals surface area contributed by atoms with Gasteiger partial charge < -0.3 is 14.6 Å². The Morgan fingerprint density at radius 2 is 1.85 bits per heavy atom. The summed E-state index contributed by atoms with van der Waals surface area (Å²) < 4.78 is 13.3. The normalized spacial score (nSPS) is 12.5. The lowest BCUT2D eigenvalue weighted by Gasteiger charge is -2.19. The molecular weight excluding hydrogens is 533 g/mol. The lowest BCUT2D eigenvalue weighted by Crippen LogP contribution is -2.27. The first-order chi connectivity index (χ1) is 15.4. The Kier molecular flexibility index (Phi) is 7.36. The first-order valence-electron chi connectivity index (χ1n) is 10.8. The van der Waals surface area contributed by atoms with E-state index in [-0.39, 0.29) is 6.10 Å². The van der Waals surface area contributed by atoms with Crippen LogP contribution in [0.15, 0.2) is 29.3 Å². The minimum atomic E-state index is -0.560. The van der Waals surface area contributed by atoms with Gasteiger partial charge in [-0.1, -0.05) is 0 Å². The number of hydrogen-bond acceptors (Lipinski definition) is 6. The summed E-state index contributed by atoms with van der Waals surface area (Å²) in [4.78, 5) is 16.5. The van der Waals surface area contributed by atoms with Crippen LogP contribution in [0.3, 0.4) is 0 Å². The molecule has 4 rings (SSSR count). The van der Waals surface area contributed by atoms with E-state index in [2.05, 4.69) is 32.7 Å². The number of nitrogens with zero attached hydrogens (tertiary/aromatic N) is 3. The predicted molar refractivity (Wildman–Crippen MR) is 139 cm³/mol. The molecule has 2 heterocycles. The first-order valence-corrected chi connectivity index (χ1v) is 11.8. The monoisotopic (exact) mass is 563 g/mol. The Morgan fingerprint density at radius 3 is 2.48 bits per heavy atom. The largest absolute Gasteiger partial charge is 0.508 e. The predicted octanol–water partition coefficient (Wildman–Crippen LogP) is 6.15. The molecule has 0 amide bonds. The zero-order chi connectivity index (χ0) is 24.5. The van der Waals surface area contributed by atoms with Gasteiger partial charge in [-0.15, -0.1) is 0 Å². The van der Waals surface area contributed by atoms with Crippen molar-refractivity contribution in [3.05, 3.63) is 50.2 Å². The number of ether oxygens (including phenoxy) is 2. The summed E-state index contributed by atoms with van der Waals surface area (Å²) in [5.74, 6) is 1.11. The second-order valence-corrected chi connectivity index (χ2v) is 10.3. The van der Waals surface area contributed by atoms with Crippen LogP contribution in [-0.2, 0) is 11.3 Å². The molecule has 8 heteroatoms. The van der Waals surface area contributed by atoms with E-state index in [0.29, 0.717) is 5.75 Å². The summed E-state index contributed by atoms with van der Waals surface area (Å²) in [6, 6.07) is 7.35. The zero-order valence-corrected chi connectivity index (χ0v) is 22.2. The second-order valence-electron chi connectivity index (χ2n) is 9.29. The highest BCUT2D eigenvalue weighted by atomic mass is 127. The van der Waals surface area contributed by atoms with Gasteiger partial charge in [0.2, 0.25) is 0 Å². The fourth-order valence-electron chi connectivity index (χ4n) is 3.55. The number of carbonyl (C=O) groups excluding carboxylic acids is 1. The van der Waals surface area contributed by atoms with E-state index >= 15 is 0 Å². The molecule has 0 aliphatic carbocycles. The van der Waals surface area contributed by atoms with E-state index in [1.165, 1.54) is 10.2 Å². The van der Waals surface area contributed by atoms with Gasteiger partial charge in [0.05, 0.1) is 18.2 Å². The number of aliphatic imine (C=N–C) groups is 1. The molecule has 1 N–H and O–H groups in total. The maximum atomic E-state index is 12.3. The molecule has 7 nitrogen and oxygen atoms in total. The van der Waals surface area contributed by atoms with Gasteiger partial charge in [0.25, 0.3) is 0 Å². The van der Waals surface area contributed by atoms with Gasteiger partial charge in [-0.3, -0.25) is 4.99 Å². The Labute approximate surface area is 207 Å². The van der Waals surface area contributed by atoms with E-state index in [0.717, 1.165) is 43.6 Å². The number of halogens is 1. The number of hydrogen-bond donors (Lipinski definition) is 1. The first kappa shape index (κ1) is 25.0. The molecule has 1 aliphatic rings. The van der Waals surface area contributed by atoms with Gasteiger partial charge in [-0.25, -0.2) is 4.79 Å². The van der Waals surface area contributed by atoms with Gasteiger partial charge in [0, 0.05) is 17.2 Å². The molecule has 1 aromatic heterocycles. The smallest absolute Gasteiger partial charge is 0.435 e. The standard InChI is InChI=1S/C16H21IN2O3.C9H9NO/c1-9(2)21-11-7-10(3)13-12(8-11)14(17)18-19(13)15(20)22-16(4,5)6;1-6-2-8(11)3-7-4-10-5-9(6)7/h7-9H,1-6H3;2-4,11H,5H2,1H3. The quantitative estimate of drug-likeness (QED) is 0.378.